The van der Waals surface area contributed by atoms with Crippen LogP contribution in [0.2, 0.25) is 5.02 Å². The van der Waals surface area contributed by atoms with E-state index in [1.54, 1.807) is 16.7 Å². The zero-order valence-electron chi connectivity index (χ0n) is 13.2. The first kappa shape index (κ1) is 16.0. The normalized spacial score (nSPS) is 11.0. The van der Waals surface area contributed by atoms with Gasteiger partial charge in [0.1, 0.15) is 0 Å². The minimum Gasteiger partial charge on any atom is -0.276 e. The third kappa shape index (κ3) is 2.86. The third-order valence-corrected chi connectivity index (χ3v) is 4.83. The first-order chi connectivity index (χ1) is 12.1. The highest BCUT2D eigenvalue weighted by Crippen LogP contribution is 2.29. The summed E-state index contributed by atoms with van der Waals surface area (Å²) in [6.07, 6.45) is 0. The number of aromatic nitrogens is 1. The van der Waals surface area contributed by atoms with Crippen LogP contribution < -0.4 is 5.56 Å². The predicted molar refractivity (Wildman–Crippen MR) is 107 cm³/mol. The fraction of sp³-hybridized carbons (Fsp3) is 0. The lowest BCUT2D eigenvalue weighted by atomic mass is 10.1. The van der Waals surface area contributed by atoms with Crippen LogP contribution in [0.5, 0.6) is 0 Å². The maximum Gasteiger partial charge on any atom is 0.263 e. The molecule has 1 heterocycles. The molecule has 0 aliphatic rings. The smallest absolute Gasteiger partial charge is 0.263 e. The Labute approximate surface area is 155 Å². The van der Waals surface area contributed by atoms with Crippen LogP contribution in [0.1, 0.15) is 0 Å². The van der Waals surface area contributed by atoms with Gasteiger partial charge in [-0.25, -0.2) is 0 Å². The lowest BCUT2D eigenvalue weighted by Crippen LogP contribution is -2.20. The van der Waals surface area contributed by atoms with Crippen LogP contribution >= 0.6 is 24.2 Å². The molecule has 0 unspecified atom stereocenters. The summed E-state index contributed by atoms with van der Waals surface area (Å²) in [6.45, 7) is 0. The van der Waals surface area contributed by atoms with Gasteiger partial charge < -0.3 is 0 Å². The number of benzene rings is 3. The van der Waals surface area contributed by atoms with Gasteiger partial charge in [0, 0.05) is 26.6 Å². The lowest BCUT2D eigenvalue weighted by Gasteiger charge is -2.16. The zero-order valence-corrected chi connectivity index (χ0v) is 14.8. The quantitative estimate of drug-likeness (QED) is 0.460. The van der Waals surface area contributed by atoms with Crippen molar-refractivity contribution in [1.29, 1.82) is 0 Å². The average molecular weight is 364 g/mol. The molecule has 0 saturated heterocycles. The summed E-state index contributed by atoms with van der Waals surface area (Å²) >= 11 is 10.6. The Balaban J connectivity index is 2.13. The number of pyridine rings is 1. The Kier molecular flexibility index (Phi) is 4.12. The summed E-state index contributed by atoms with van der Waals surface area (Å²) in [6, 6.07) is 24.7. The van der Waals surface area contributed by atoms with Crippen molar-refractivity contribution in [3.63, 3.8) is 0 Å². The molecule has 0 fully saturated rings. The molecular formula is C21H14ClNOS. The number of thiol groups is 1. The Bertz CT molecular complexity index is 1130. The van der Waals surface area contributed by atoms with Crippen LogP contribution in [0.4, 0.5) is 0 Å². The first-order valence-electron chi connectivity index (χ1n) is 7.84. The van der Waals surface area contributed by atoms with E-state index in [1.165, 1.54) is 0 Å². The van der Waals surface area contributed by atoms with Gasteiger partial charge in [-0.05, 0) is 47.9 Å². The van der Waals surface area contributed by atoms with Crippen molar-refractivity contribution in [2.24, 2.45) is 0 Å². The minimum atomic E-state index is -0.0630. The van der Waals surface area contributed by atoms with E-state index in [9.17, 15) is 4.79 Å². The van der Waals surface area contributed by atoms with Crippen molar-refractivity contribution in [3.8, 4) is 16.9 Å². The summed E-state index contributed by atoms with van der Waals surface area (Å²) < 4.78 is 1.72. The number of fused-ring (bicyclic) bond motifs is 1. The molecule has 4 aromatic rings. The second kappa shape index (κ2) is 6.43. The van der Waals surface area contributed by atoms with E-state index in [0.29, 0.717) is 10.4 Å². The number of hydrogen-bond acceptors (Lipinski definition) is 2. The molecule has 0 radical (unpaired) electrons. The second-order valence-electron chi connectivity index (χ2n) is 5.75. The van der Waals surface area contributed by atoms with Crippen LogP contribution in [0.3, 0.4) is 0 Å². The van der Waals surface area contributed by atoms with Crippen LogP contribution in [-0.2, 0) is 0 Å². The molecular weight excluding hydrogens is 350 g/mol. The van der Waals surface area contributed by atoms with Crippen molar-refractivity contribution >= 4 is 35.0 Å². The molecule has 0 N–H and O–H groups in total. The maximum atomic E-state index is 13.2. The van der Waals surface area contributed by atoms with Crippen molar-refractivity contribution in [2.45, 2.75) is 4.90 Å². The number of halogens is 1. The van der Waals surface area contributed by atoms with Gasteiger partial charge in [0.15, 0.2) is 0 Å². The van der Waals surface area contributed by atoms with Crippen LogP contribution in [0.15, 0.2) is 88.6 Å². The zero-order chi connectivity index (χ0) is 17.4. The van der Waals surface area contributed by atoms with Crippen LogP contribution in [-0.4, -0.2) is 4.57 Å². The van der Waals surface area contributed by atoms with Crippen molar-refractivity contribution < 1.29 is 0 Å². The molecule has 2 nitrogen and oxygen atoms in total. The Hall–Kier alpha value is -2.49. The van der Waals surface area contributed by atoms with Gasteiger partial charge in [0.05, 0.1) is 5.69 Å². The van der Waals surface area contributed by atoms with Crippen molar-refractivity contribution in [1.82, 2.24) is 4.57 Å². The van der Waals surface area contributed by atoms with Gasteiger partial charge in [0.2, 0.25) is 0 Å². The Morgan fingerprint density at radius 2 is 1.52 bits per heavy atom. The average Bonchev–Trinajstić information content (AvgIpc) is 2.63. The Morgan fingerprint density at radius 3 is 2.28 bits per heavy atom. The summed E-state index contributed by atoms with van der Waals surface area (Å²) in [5.41, 5.74) is 2.42. The summed E-state index contributed by atoms with van der Waals surface area (Å²) in [4.78, 5) is 14.0. The van der Waals surface area contributed by atoms with Gasteiger partial charge in [0.25, 0.3) is 5.56 Å². The molecule has 0 amide bonds. The molecule has 0 saturated carbocycles. The standard InChI is InChI=1S/C21H14ClNOS/c22-15-9-11-16(12-10-15)23-19(18-7-3-4-8-20(18)25)13-14-5-1-2-6-17(14)21(23)24/h1-13,25H. The van der Waals surface area contributed by atoms with E-state index >= 15 is 0 Å². The Morgan fingerprint density at radius 1 is 0.840 bits per heavy atom. The molecule has 0 spiro atoms. The maximum absolute atomic E-state index is 13.2. The highest BCUT2D eigenvalue weighted by molar-refractivity contribution is 7.80. The van der Waals surface area contributed by atoms with Crippen molar-refractivity contribution in [3.05, 3.63) is 94.2 Å². The van der Waals surface area contributed by atoms with Gasteiger partial charge in [-0.1, -0.05) is 48.0 Å². The number of hydrogen-bond donors (Lipinski definition) is 1. The molecule has 3 aromatic carbocycles. The lowest BCUT2D eigenvalue weighted by molar-refractivity contribution is 1.01. The fourth-order valence-corrected chi connectivity index (χ4v) is 3.40. The van der Waals surface area contributed by atoms with Gasteiger partial charge in [-0.15, -0.1) is 12.6 Å². The molecule has 0 bridgehead atoms. The minimum absolute atomic E-state index is 0.0630. The van der Waals surface area contributed by atoms with E-state index in [4.69, 9.17) is 11.6 Å². The molecule has 4 heteroatoms. The van der Waals surface area contributed by atoms with Crippen LogP contribution in [0.25, 0.3) is 27.7 Å². The van der Waals surface area contributed by atoms with E-state index < -0.39 is 0 Å². The molecule has 1 aromatic heterocycles. The summed E-state index contributed by atoms with van der Waals surface area (Å²) in [7, 11) is 0. The van der Waals surface area contributed by atoms with E-state index in [2.05, 4.69) is 12.6 Å². The van der Waals surface area contributed by atoms with Gasteiger partial charge >= 0.3 is 0 Å². The van der Waals surface area contributed by atoms with Crippen molar-refractivity contribution in [2.75, 3.05) is 0 Å². The monoisotopic (exact) mass is 363 g/mol. The molecule has 4 rings (SSSR count). The SMILES string of the molecule is O=c1c2ccccc2cc(-c2ccccc2S)n1-c1ccc(Cl)cc1. The fourth-order valence-electron chi connectivity index (χ4n) is 2.99. The molecule has 0 atom stereocenters. The highest BCUT2D eigenvalue weighted by atomic mass is 35.5. The van der Waals surface area contributed by atoms with Gasteiger partial charge in [-0.3, -0.25) is 9.36 Å². The molecule has 122 valence electrons. The largest absolute Gasteiger partial charge is 0.276 e. The highest BCUT2D eigenvalue weighted by Gasteiger charge is 2.14. The predicted octanol–water partition coefficient (Wildman–Crippen LogP) is 5.60. The number of rotatable bonds is 2. The van der Waals surface area contributed by atoms with E-state index in [0.717, 1.165) is 27.2 Å². The van der Waals surface area contributed by atoms with Crippen LogP contribution in [0, 0.1) is 0 Å². The molecule has 25 heavy (non-hydrogen) atoms. The summed E-state index contributed by atoms with van der Waals surface area (Å²) in [5.74, 6) is 0. The first-order valence-corrected chi connectivity index (χ1v) is 8.67. The van der Waals surface area contributed by atoms with E-state index in [1.807, 2.05) is 66.7 Å². The van der Waals surface area contributed by atoms with E-state index in [-0.39, 0.29) is 5.56 Å². The number of nitrogens with zero attached hydrogens (tertiary/aromatic N) is 1. The van der Waals surface area contributed by atoms with Gasteiger partial charge in [-0.2, -0.15) is 0 Å². The molecule has 0 aliphatic heterocycles. The third-order valence-electron chi connectivity index (χ3n) is 4.19. The summed E-state index contributed by atoms with van der Waals surface area (Å²) in [5, 5.41) is 2.22. The topological polar surface area (TPSA) is 22.0 Å². The molecule has 0 aliphatic carbocycles. The second-order valence-corrected chi connectivity index (χ2v) is 6.67.